The molecular weight excluding hydrogens is 268 g/mol. The summed E-state index contributed by atoms with van der Waals surface area (Å²) in [6.07, 6.45) is 0.974. The lowest BCUT2D eigenvalue weighted by molar-refractivity contribution is -0.142. The number of benzene rings is 1. The van der Waals surface area contributed by atoms with Crippen molar-refractivity contribution < 1.29 is 9.90 Å². The molecule has 1 saturated carbocycles. The molecule has 0 saturated heterocycles. The van der Waals surface area contributed by atoms with Crippen molar-refractivity contribution in [2.24, 2.45) is 11.8 Å². The van der Waals surface area contributed by atoms with Gasteiger partial charge in [-0.15, -0.1) is 0 Å². The van der Waals surface area contributed by atoms with Gasteiger partial charge in [-0.05, 0) is 30.0 Å². The predicted octanol–water partition coefficient (Wildman–Crippen LogP) is 3.45. The summed E-state index contributed by atoms with van der Waals surface area (Å²) in [7, 11) is 0. The van der Waals surface area contributed by atoms with Gasteiger partial charge in [0.25, 0.3) is 0 Å². The standard InChI is InChI=1S/C13H15BrO2/c1-8-7-13(8,9(2)12(15)16)10-3-5-11(14)6-4-10/h3-6,8-9H,7H2,1-2H3,(H,15,16). The third-order valence-corrected chi connectivity index (χ3v) is 4.42. The topological polar surface area (TPSA) is 37.3 Å². The van der Waals surface area contributed by atoms with Gasteiger partial charge >= 0.3 is 5.97 Å². The Hall–Kier alpha value is -0.830. The highest BCUT2D eigenvalue weighted by molar-refractivity contribution is 9.10. The number of rotatable bonds is 3. The zero-order chi connectivity index (χ0) is 11.9. The van der Waals surface area contributed by atoms with Gasteiger partial charge < -0.3 is 5.11 Å². The van der Waals surface area contributed by atoms with Gasteiger partial charge in [-0.25, -0.2) is 0 Å². The van der Waals surface area contributed by atoms with Crippen molar-refractivity contribution >= 4 is 21.9 Å². The Kier molecular flexibility index (Phi) is 2.82. The fourth-order valence-corrected chi connectivity index (χ4v) is 2.95. The van der Waals surface area contributed by atoms with E-state index in [0.29, 0.717) is 5.92 Å². The predicted molar refractivity (Wildman–Crippen MR) is 66.4 cm³/mol. The number of aliphatic carboxylic acids is 1. The van der Waals surface area contributed by atoms with Crippen LogP contribution < -0.4 is 0 Å². The van der Waals surface area contributed by atoms with Crippen molar-refractivity contribution in [3.63, 3.8) is 0 Å². The molecule has 0 spiro atoms. The lowest BCUT2D eigenvalue weighted by Crippen LogP contribution is -2.27. The first-order valence-electron chi connectivity index (χ1n) is 5.47. The molecule has 1 aromatic rings. The molecule has 3 atom stereocenters. The maximum absolute atomic E-state index is 11.2. The van der Waals surface area contributed by atoms with Gasteiger partial charge in [-0.1, -0.05) is 41.9 Å². The Balaban J connectivity index is 2.36. The molecule has 1 fully saturated rings. The Morgan fingerprint density at radius 2 is 2.00 bits per heavy atom. The minimum atomic E-state index is -0.702. The van der Waals surface area contributed by atoms with E-state index in [0.717, 1.165) is 16.5 Å². The molecule has 0 aromatic heterocycles. The second-order valence-corrected chi connectivity index (χ2v) is 5.63. The highest BCUT2D eigenvalue weighted by atomic mass is 79.9. The molecule has 1 aromatic carbocycles. The summed E-state index contributed by atoms with van der Waals surface area (Å²) < 4.78 is 1.03. The molecule has 16 heavy (non-hydrogen) atoms. The third kappa shape index (κ3) is 1.67. The number of hydrogen-bond acceptors (Lipinski definition) is 1. The van der Waals surface area contributed by atoms with Crippen LogP contribution in [-0.2, 0) is 10.2 Å². The molecule has 0 aliphatic heterocycles. The average molecular weight is 283 g/mol. The zero-order valence-corrected chi connectivity index (χ0v) is 11.0. The minimum absolute atomic E-state index is 0.146. The van der Waals surface area contributed by atoms with Gasteiger partial charge in [0.2, 0.25) is 0 Å². The van der Waals surface area contributed by atoms with Crippen LogP contribution in [0.3, 0.4) is 0 Å². The Bertz CT molecular complexity index is 412. The first kappa shape index (κ1) is 11.6. The van der Waals surface area contributed by atoms with Crippen LogP contribution >= 0.6 is 15.9 Å². The summed E-state index contributed by atoms with van der Waals surface area (Å²) in [5.41, 5.74) is 1.00. The quantitative estimate of drug-likeness (QED) is 0.922. The van der Waals surface area contributed by atoms with Crippen LogP contribution in [0.4, 0.5) is 0 Å². The van der Waals surface area contributed by atoms with E-state index in [9.17, 15) is 9.90 Å². The number of carboxylic acids is 1. The van der Waals surface area contributed by atoms with Crippen molar-refractivity contribution in [2.45, 2.75) is 25.7 Å². The summed E-state index contributed by atoms with van der Waals surface area (Å²) >= 11 is 3.40. The summed E-state index contributed by atoms with van der Waals surface area (Å²) in [6, 6.07) is 8.04. The van der Waals surface area contributed by atoms with Crippen LogP contribution in [0.25, 0.3) is 0 Å². The molecule has 3 heteroatoms. The number of hydrogen-bond donors (Lipinski definition) is 1. The fourth-order valence-electron chi connectivity index (χ4n) is 2.68. The maximum Gasteiger partial charge on any atom is 0.307 e. The van der Waals surface area contributed by atoms with Crippen molar-refractivity contribution in [1.82, 2.24) is 0 Å². The van der Waals surface area contributed by atoms with Crippen LogP contribution in [0.15, 0.2) is 28.7 Å². The highest BCUT2D eigenvalue weighted by Gasteiger charge is 2.58. The van der Waals surface area contributed by atoms with Crippen LogP contribution in [0.5, 0.6) is 0 Å². The van der Waals surface area contributed by atoms with E-state index in [1.54, 1.807) is 0 Å². The first-order valence-corrected chi connectivity index (χ1v) is 6.26. The van der Waals surface area contributed by atoms with Crippen molar-refractivity contribution in [1.29, 1.82) is 0 Å². The Labute approximate surface area is 104 Å². The average Bonchev–Trinajstić information content (AvgIpc) is 2.91. The van der Waals surface area contributed by atoms with Gasteiger partial charge in [-0.2, -0.15) is 0 Å². The summed E-state index contributed by atoms with van der Waals surface area (Å²) in [5.74, 6) is -0.560. The smallest absolute Gasteiger partial charge is 0.307 e. The fraction of sp³-hybridized carbons (Fsp3) is 0.462. The van der Waals surface area contributed by atoms with Crippen molar-refractivity contribution in [3.8, 4) is 0 Å². The molecule has 1 N–H and O–H groups in total. The minimum Gasteiger partial charge on any atom is -0.481 e. The normalized spacial score (nSPS) is 29.8. The van der Waals surface area contributed by atoms with Gasteiger partial charge in [0, 0.05) is 9.89 Å². The van der Waals surface area contributed by atoms with Gasteiger partial charge in [0.05, 0.1) is 5.92 Å². The molecule has 86 valence electrons. The van der Waals surface area contributed by atoms with Crippen LogP contribution in [0.2, 0.25) is 0 Å². The van der Waals surface area contributed by atoms with E-state index in [-0.39, 0.29) is 11.3 Å². The molecule has 1 aliphatic carbocycles. The molecule has 1 aliphatic rings. The largest absolute Gasteiger partial charge is 0.481 e. The van der Waals surface area contributed by atoms with Crippen molar-refractivity contribution in [2.75, 3.05) is 0 Å². The molecule has 3 unspecified atom stereocenters. The van der Waals surface area contributed by atoms with E-state index >= 15 is 0 Å². The van der Waals surface area contributed by atoms with Crippen molar-refractivity contribution in [3.05, 3.63) is 34.3 Å². The van der Waals surface area contributed by atoms with E-state index in [4.69, 9.17) is 0 Å². The maximum atomic E-state index is 11.2. The van der Waals surface area contributed by atoms with E-state index in [2.05, 4.69) is 22.9 Å². The SMILES string of the molecule is CC1CC1(c1ccc(Br)cc1)C(C)C(=O)O. The molecule has 0 radical (unpaired) electrons. The second kappa shape index (κ2) is 3.88. The summed E-state index contributed by atoms with van der Waals surface area (Å²) in [4.78, 5) is 11.2. The molecule has 0 amide bonds. The third-order valence-electron chi connectivity index (χ3n) is 3.89. The van der Waals surface area contributed by atoms with Crippen LogP contribution in [0, 0.1) is 11.8 Å². The molecule has 2 rings (SSSR count). The Morgan fingerprint density at radius 1 is 1.50 bits per heavy atom. The van der Waals surface area contributed by atoms with Crippen LogP contribution in [0.1, 0.15) is 25.8 Å². The monoisotopic (exact) mass is 282 g/mol. The first-order chi connectivity index (χ1) is 7.48. The van der Waals surface area contributed by atoms with E-state index in [1.807, 2.05) is 31.2 Å². The van der Waals surface area contributed by atoms with Crippen LogP contribution in [-0.4, -0.2) is 11.1 Å². The lowest BCUT2D eigenvalue weighted by atomic mass is 9.82. The lowest BCUT2D eigenvalue weighted by Gasteiger charge is -2.22. The number of carboxylic acid groups (broad SMARTS) is 1. The zero-order valence-electron chi connectivity index (χ0n) is 9.40. The Morgan fingerprint density at radius 3 is 2.38 bits per heavy atom. The summed E-state index contributed by atoms with van der Waals surface area (Å²) in [6.45, 7) is 3.94. The molecule has 0 bridgehead atoms. The van der Waals surface area contributed by atoms with E-state index in [1.165, 1.54) is 0 Å². The van der Waals surface area contributed by atoms with Gasteiger partial charge in [-0.3, -0.25) is 4.79 Å². The molecular formula is C13H15BrO2. The second-order valence-electron chi connectivity index (χ2n) is 4.71. The number of halogens is 1. The highest BCUT2D eigenvalue weighted by Crippen LogP contribution is 2.59. The van der Waals surface area contributed by atoms with Gasteiger partial charge in [0.1, 0.15) is 0 Å². The summed E-state index contributed by atoms with van der Waals surface area (Å²) in [5, 5.41) is 9.18. The number of carbonyl (C=O) groups is 1. The molecule has 2 nitrogen and oxygen atoms in total. The van der Waals surface area contributed by atoms with Gasteiger partial charge in [0.15, 0.2) is 0 Å². The molecule has 0 heterocycles. The van der Waals surface area contributed by atoms with E-state index < -0.39 is 5.97 Å².